The van der Waals surface area contributed by atoms with Crippen LogP contribution >= 0.6 is 0 Å². The van der Waals surface area contributed by atoms with Gasteiger partial charge in [-0.05, 0) is 165 Å². The molecule has 2 aliphatic rings. The molecule has 0 atom stereocenters. The van der Waals surface area contributed by atoms with Crippen LogP contribution in [0.4, 0.5) is 34.1 Å². The third-order valence-electron chi connectivity index (χ3n) is 21.5. The lowest BCUT2D eigenvalue weighted by Gasteiger charge is -2.32. The van der Waals surface area contributed by atoms with Gasteiger partial charge in [0.15, 0.2) is 0 Å². The summed E-state index contributed by atoms with van der Waals surface area (Å²) in [7, 11) is 0. The van der Waals surface area contributed by atoms with Gasteiger partial charge < -0.3 is 9.80 Å². The van der Waals surface area contributed by atoms with Gasteiger partial charge in [-0.25, -0.2) is 0 Å². The van der Waals surface area contributed by atoms with Crippen molar-refractivity contribution in [2.45, 2.75) is 38.5 Å². The van der Waals surface area contributed by atoms with E-state index in [9.17, 15) is 0 Å². The molecule has 0 unspecified atom stereocenters. The Labute approximate surface area is 586 Å². The van der Waals surface area contributed by atoms with Crippen molar-refractivity contribution in [3.05, 3.63) is 386 Å². The van der Waals surface area contributed by atoms with E-state index in [1.807, 2.05) is 0 Å². The van der Waals surface area contributed by atoms with Crippen LogP contribution in [-0.4, -0.2) is 0 Å². The molecule has 16 aromatic rings. The van der Waals surface area contributed by atoms with Crippen LogP contribution in [0.25, 0.3) is 122 Å². The van der Waals surface area contributed by atoms with Gasteiger partial charge in [0.05, 0.1) is 28.4 Å². The molecule has 100 heavy (non-hydrogen) atoms. The van der Waals surface area contributed by atoms with Crippen molar-refractivity contribution < 1.29 is 0 Å². The fourth-order valence-corrected chi connectivity index (χ4v) is 16.6. The number of hydrogen-bond donors (Lipinski definition) is 0. The van der Waals surface area contributed by atoms with Gasteiger partial charge in [0.1, 0.15) is 0 Å². The van der Waals surface area contributed by atoms with Gasteiger partial charge in [0.25, 0.3) is 0 Å². The molecule has 0 amide bonds. The number of anilines is 6. The van der Waals surface area contributed by atoms with Crippen molar-refractivity contribution in [3.63, 3.8) is 0 Å². The maximum absolute atomic E-state index is 2.54. The Kier molecular flexibility index (Phi) is 14.6. The predicted octanol–water partition coefficient (Wildman–Crippen LogP) is 27.2. The molecule has 0 saturated carbocycles. The quantitative estimate of drug-likeness (QED) is 0.114. The molecule has 16 aromatic carbocycles. The highest BCUT2D eigenvalue weighted by Gasteiger charge is 2.41. The van der Waals surface area contributed by atoms with E-state index in [1.165, 1.54) is 122 Å². The fraction of sp³-hybridized carbons (Fsp3) is 0.0612. The first-order chi connectivity index (χ1) is 49.1. The molecule has 2 nitrogen and oxygen atoms in total. The van der Waals surface area contributed by atoms with E-state index in [0.717, 1.165) is 56.4 Å². The summed E-state index contributed by atoms with van der Waals surface area (Å²) in [5, 5.41) is 4.84. The first-order valence-corrected chi connectivity index (χ1v) is 35.0. The monoisotopic (exact) mass is 1280 g/mol. The standard InChI is InChI=1S/C98H72N2/c1-97(2)86-39-17-13-35-84(86)94-87(97)40-23-46-93(94)100(90-43-19-15-33-81(90)72-53-49-69(50-54-72)66-27-9-6-10-28-66)91-44-20-16-34-82(91)73-57-55-70(56-58-73)78-36-21-31-75-63-76(60-62-79(75)78)83-37-22-38-85-95-88(98(3,4)96(83)85)41-24-45-92(95)99(77-61-59-67-29-11-12-30-74(67)64-77)89-42-18-14-32-80(89)71-51-47-68(48-52-71)65-25-7-5-8-26-65/h5-64H,1-4H3. The summed E-state index contributed by atoms with van der Waals surface area (Å²) < 4.78 is 0. The van der Waals surface area contributed by atoms with Gasteiger partial charge in [0.2, 0.25) is 0 Å². The zero-order chi connectivity index (χ0) is 67.1. The van der Waals surface area contributed by atoms with Crippen molar-refractivity contribution >= 4 is 55.7 Å². The zero-order valence-corrected chi connectivity index (χ0v) is 56.5. The van der Waals surface area contributed by atoms with Crippen LogP contribution in [0.1, 0.15) is 49.9 Å². The average Bonchev–Trinajstić information content (AvgIpc) is 1.58. The SMILES string of the molecule is CC1(C)c2ccccc2-c2c(N(c3ccccc3-c3ccc(-c4ccccc4)cc3)c3ccccc3-c3ccc(-c4cccc5cc(-c6cccc7c6C(C)(C)c6cccc(N(c8ccc9ccccc9c8)c8ccccc8-c8ccc(-c9ccccc9)cc8)c6-7)ccc45)cc3)cccc21. The molecule has 0 heterocycles. The van der Waals surface area contributed by atoms with Crippen molar-refractivity contribution in [2.75, 3.05) is 9.80 Å². The third kappa shape index (κ3) is 10.1. The molecule has 0 bridgehead atoms. The molecule has 0 radical (unpaired) electrons. The van der Waals surface area contributed by atoms with Gasteiger partial charge in [-0.15, -0.1) is 0 Å². The highest BCUT2D eigenvalue weighted by molar-refractivity contribution is 6.05. The Morgan fingerprint density at radius 2 is 0.570 bits per heavy atom. The number of nitrogens with zero attached hydrogens (tertiary/aromatic N) is 2. The molecular weight excluding hydrogens is 1210 g/mol. The molecule has 0 fully saturated rings. The minimum absolute atomic E-state index is 0.176. The van der Waals surface area contributed by atoms with Gasteiger partial charge in [-0.1, -0.05) is 343 Å². The topological polar surface area (TPSA) is 6.48 Å². The molecule has 0 N–H and O–H groups in total. The molecule has 0 aromatic heterocycles. The predicted molar refractivity (Wildman–Crippen MR) is 424 cm³/mol. The van der Waals surface area contributed by atoms with E-state index in [1.54, 1.807) is 0 Å². The molecule has 2 aliphatic carbocycles. The molecule has 0 aliphatic heterocycles. The highest BCUT2D eigenvalue weighted by atomic mass is 15.2. The van der Waals surface area contributed by atoms with E-state index >= 15 is 0 Å². The van der Waals surface area contributed by atoms with Gasteiger partial charge in [0, 0.05) is 44.3 Å². The van der Waals surface area contributed by atoms with E-state index in [4.69, 9.17) is 0 Å². The summed E-state index contributed by atoms with van der Waals surface area (Å²) in [6.07, 6.45) is 0. The van der Waals surface area contributed by atoms with Gasteiger partial charge in [-0.3, -0.25) is 0 Å². The van der Waals surface area contributed by atoms with E-state index in [0.29, 0.717) is 0 Å². The summed E-state index contributed by atoms with van der Waals surface area (Å²) >= 11 is 0. The lowest BCUT2D eigenvalue weighted by molar-refractivity contribution is 0.660. The van der Waals surface area contributed by atoms with Crippen molar-refractivity contribution in [1.29, 1.82) is 0 Å². The zero-order valence-electron chi connectivity index (χ0n) is 56.5. The second-order valence-corrected chi connectivity index (χ2v) is 27.9. The van der Waals surface area contributed by atoms with Crippen LogP contribution in [-0.2, 0) is 10.8 Å². The Bertz CT molecular complexity index is 5820. The summed E-state index contributed by atoms with van der Waals surface area (Å²) in [6.45, 7) is 9.59. The van der Waals surface area contributed by atoms with Gasteiger partial charge in [-0.2, -0.15) is 0 Å². The Balaban J connectivity index is 0.715. The van der Waals surface area contributed by atoms with Crippen LogP contribution in [0, 0.1) is 0 Å². The van der Waals surface area contributed by atoms with E-state index < -0.39 is 0 Å². The number of para-hydroxylation sites is 3. The first kappa shape index (κ1) is 60.1. The van der Waals surface area contributed by atoms with Crippen LogP contribution in [0.15, 0.2) is 364 Å². The van der Waals surface area contributed by atoms with Crippen LogP contribution in [0.2, 0.25) is 0 Å². The lowest BCUT2D eigenvalue weighted by atomic mass is 9.78. The van der Waals surface area contributed by atoms with Crippen molar-refractivity contribution in [1.82, 2.24) is 0 Å². The van der Waals surface area contributed by atoms with E-state index in [-0.39, 0.29) is 10.8 Å². The van der Waals surface area contributed by atoms with Gasteiger partial charge >= 0.3 is 0 Å². The number of hydrogen-bond acceptors (Lipinski definition) is 2. The van der Waals surface area contributed by atoms with Crippen molar-refractivity contribution in [2.24, 2.45) is 0 Å². The Morgan fingerprint density at radius 1 is 0.200 bits per heavy atom. The normalized spacial score (nSPS) is 13.0. The number of rotatable bonds is 13. The van der Waals surface area contributed by atoms with Crippen LogP contribution in [0.3, 0.4) is 0 Å². The smallest absolute Gasteiger partial charge is 0.0543 e. The first-order valence-electron chi connectivity index (χ1n) is 35.0. The summed E-state index contributed by atoms with van der Waals surface area (Å²) in [6, 6.07) is 135. The average molecular weight is 1280 g/mol. The highest BCUT2D eigenvalue weighted by Crippen LogP contribution is 2.59. The molecule has 0 saturated heterocycles. The maximum atomic E-state index is 2.54. The lowest BCUT2D eigenvalue weighted by Crippen LogP contribution is -2.17. The fourth-order valence-electron chi connectivity index (χ4n) is 16.6. The largest absolute Gasteiger partial charge is 0.309 e. The summed E-state index contributed by atoms with van der Waals surface area (Å²) in [5.41, 5.74) is 33.3. The second-order valence-electron chi connectivity index (χ2n) is 27.9. The summed E-state index contributed by atoms with van der Waals surface area (Å²) in [5.74, 6) is 0. The maximum Gasteiger partial charge on any atom is 0.0543 e. The Hall–Kier alpha value is -12.4. The second kappa shape index (κ2) is 24.3. The van der Waals surface area contributed by atoms with Crippen molar-refractivity contribution in [3.8, 4) is 100 Å². The van der Waals surface area contributed by atoms with Crippen LogP contribution in [0.5, 0.6) is 0 Å². The van der Waals surface area contributed by atoms with E-state index in [2.05, 4.69) is 401 Å². The minimum Gasteiger partial charge on any atom is -0.309 e. The summed E-state index contributed by atoms with van der Waals surface area (Å²) in [4.78, 5) is 5.06. The molecule has 0 spiro atoms. The Morgan fingerprint density at radius 3 is 1.16 bits per heavy atom. The van der Waals surface area contributed by atoms with Crippen LogP contribution < -0.4 is 9.80 Å². The third-order valence-corrected chi connectivity index (χ3v) is 21.5. The molecular formula is C98H72N2. The molecule has 2 heteroatoms. The number of benzene rings is 16. The molecule has 18 rings (SSSR count). The molecule has 474 valence electrons. The minimum atomic E-state index is -0.324. The number of fused-ring (bicyclic) bond motifs is 8.